The number of rotatable bonds is 8. The van der Waals surface area contributed by atoms with Gasteiger partial charge in [0.15, 0.2) is 0 Å². The number of nitrogens with one attached hydrogen (secondary N) is 1. The van der Waals surface area contributed by atoms with Crippen molar-refractivity contribution in [3.8, 4) is 6.07 Å². The van der Waals surface area contributed by atoms with Gasteiger partial charge in [0.25, 0.3) is 5.69 Å². The maximum atomic E-state index is 12.4. The monoisotopic (exact) mass is 326 g/mol. The molecule has 22 heavy (non-hydrogen) atoms. The molecule has 0 aliphatic heterocycles. The topological polar surface area (TPSA) is 116 Å². The summed E-state index contributed by atoms with van der Waals surface area (Å²) < 4.78 is 26.0. The predicted molar refractivity (Wildman–Crippen MR) is 81.9 cm³/mol. The first-order chi connectivity index (χ1) is 10.4. The summed E-state index contributed by atoms with van der Waals surface area (Å²) in [6.07, 6.45) is 0.191. The van der Waals surface area contributed by atoms with E-state index in [2.05, 4.69) is 5.32 Å². The van der Waals surface area contributed by atoms with Crippen LogP contribution in [-0.4, -0.2) is 37.3 Å². The molecule has 0 aliphatic rings. The lowest BCUT2D eigenvalue weighted by Crippen LogP contribution is -2.30. The number of hydrogen-bond acceptors (Lipinski definition) is 6. The highest BCUT2D eigenvalue weighted by Crippen LogP contribution is 2.28. The van der Waals surface area contributed by atoms with Crippen molar-refractivity contribution >= 4 is 21.4 Å². The van der Waals surface area contributed by atoms with Gasteiger partial charge in [0, 0.05) is 25.7 Å². The summed E-state index contributed by atoms with van der Waals surface area (Å²) in [7, 11) is -3.75. The van der Waals surface area contributed by atoms with Crippen LogP contribution in [0.4, 0.5) is 11.4 Å². The zero-order chi connectivity index (χ0) is 16.8. The zero-order valence-corrected chi connectivity index (χ0v) is 13.3. The molecule has 1 aromatic carbocycles. The Kier molecular flexibility index (Phi) is 6.27. The van der Waals surface area contributed by atoms with Gasteiger partial charge in [-0.25, -0.2) is 8.42 Å². The molecule has 0 spiro atoms. The highest BCUT2D eigenvalue weighted by atomic mass is 32.2. The third kappa shape index (κ3) is 3.93. The maximum absolute atomic E-state index is 12.4. The van der Waals surface area contributed by atoms with Crippen molar-refractivity contribution in [1.82, 2.24) is 4.31 Å². The lowest BCUT2D eigenvalue weighted by atomic mass is 10.2. The van der Waals surface area contributed by atoms with E-state index in [9.17, 15) is 18.5 Å². The minimum atomic E-state index is -3.75. The van der Waals surface area contributed by atoms with Gasteiger partial charge in [0.1, 0.15) is 5.69 Å². The van der Waals surface area contributed by atoms with Crippen molar-refractivity contribution in [3.05, 3.63) is 28.3 Å². The van der Waals surface area contributed by atoms with Crippen molar-refractivity contribution in [2.45, 2.75) is 25.2 Å². The van der Waals surface area contributed by atoms with Crippen LogP contribution >= 0.6 is 0 Å². The molecule has 9 heteroatoms. The van der Waals surface area contributed by atoms with Crippen molar-refractivity contribution in [2.75, 3.05) is 25.0 Å². The van der Waals surface area contributed by atoms with E-state index in [-0.39, 0.29) is 42.3 Å². The summed E-state index contributed by atoms with van der Waals surface area (Å²) in [5.74, 6) is 0. The molecule has 0 bridgehead atoms. The molecule has 0 unspecified atom stereocenters. The SMILES string of the molecule is CCN(CC)S(=O)(=O)c1ccc(NCCC#N)c([N+](=O)[O-])c1. The van der Waals surface area contributed by atoms with Gasteiger partial charge in [-0.3, -0.25) is 10.1 Å². The highest BCUT2D eigenvalue weighted by Gasteiger charge is 2.25. The Bertz CT molecular complexity index is 678. The fraction of sp³-hybridized carbons (Fsp3) is 0.462. The number of nitriles is 1. The number of hydrogen-bond donors (Lipinski definition) is 1. The van der Waals surface area contributed by atoms with E-state index in [0.717, 1.165) is 6.07 Å². The van der Waals surface area contributed by atoms with Crippen molar-refractivity contribution < 1.29 is 13.3 Å². The van der Waals surface area contributed by atoms with Gasteiger partial charge in [-0.1, -0.05) is 13.8 Å². The number of anilines is 1. The van der Waals surface area contributed by atoms with Crippen molar-refractivity contribution in [3.63, 3.8) is 0 Å². The largest absolute Gasteiger partial charge is 0.378 e. The molecule has 1 rings (SSSR count). The molecule has 0 aliphatic carbocycles. The van der Waals surface area contributed by atoms with Crippen molar-refractivity contribution in [1.29, 1.82) is 5.26 Å². The Morgan fingerprint density at radius 1 is 1.36 bits per heavy atom. The highest BCUT2D eigenvalue weighted by molar-refractivity contribution is 7.89. The second kappa shape index (κ2) is 7.72. The average molecular weight is 326 g/mol. The number of nitro benzene ring substituents is 1. The van der Waals surface area contributed by atoms with Crippen LogP contribution in [0.1, 0.15) is 20.3 Å². The van der Waals surface area contributed by atoms with Crippen LogP contribution in [0.25, 0.3) is 0 Å². The van der Waals surface area contributed by atoms with Crippen LogP contribution < -0.4 is 5.32 Å². The molecule has 0 amide bonds. The van der Waals surface area contributed by atoms with E-state index in [1.54, 1.807) is 13.8 Å². The Morgan fingerprint density at radius 2 is 2.00 bits per heavy atom. The summed E-state index contributed by atoms with van der Waals surface area (Å²) >= 11 is 0. The molecule has 0 heterocycles. The lowest BCUT2D eigenvalue weighted by molar-refractivity contribution is -0.384. The minimum absolute atomic E-state index is 0.117. The molecule has 8 nitrogen and oxygen atoms in total. The summed E-state index contributed by atoms with van der Waals surface area (Å²) in [6.45, 7) is 4.23. The summed E-state index contributed by atoms with van der Waals surface area (Å²) in [6, 6.07) is 5.64. The van der Waals surface area contributed by atoms with Gasteiger partial charge in [0.05, 0.1) is 22.3 Å². The summed E-state index contributed by atoms with van der Waals surface area (Å²) in [5.41, 5.74) is -0.134. The van der Waals surface area contributed by atoms with Gasteiger partial charge >= 0.3 is 0 Å². The molecule has 1 N–H and O–H groups in total. The number of benzene rings is 1. The smallest absolute Gasteiger partial charge is 0.293 e. The minimum Gasteiger partial charge on any atom is -0.378 e. The Morgan fingerprint density at radius 3 is 2.50 bits per heavy atom. The fourth-order valence-corrected chi connectivity index (χ4v) is 3.42. The van der Waals surface area contributed by atoms with Crippen LogP contribution in [0.2, 0.25) is 0 Å². The molecule has 0 aromatic heterocycles. The molecule has 0 atom stereocenters. The Hall–Kier alpha value is -2.18. The molecule has 0 fully saturated rings. The van der Waals surface area contributed by atoms with Gasteiger partial charge in [-0.15, -0.1) is 0 Å². The Balaban J connectivity index is 3.23. The van der Waals surface area contributed by atoms with Crippen LogP contribution in [-0.2, 0) is 10.0 Å². The van der Waals surface area contributed by atoms with E-state index >= 15 is 0 Å². The van der Waals surface area contributed by atoms with E-state index in [1.807, 2.05) is 6.07 Å². The fourth-order valence-electron chi connectivity index (χ4n) is 1.94. The zero-order valence-electron chi connectivity index (χ0n) is 12.4. The summed E-state index contributed by atoms with van der Waals surface area (Å²) in [5, 5.41) is 22.4. The second-order valence-corrected chi connectivity index (χ2v) is 6.30. The number of nitro groups is 1. The van der Waals surface area contributed by atoms with Gasteiger partial charge in [0.2, 0.25) is 10.0 Å². The van der Waals surface area contributed by atoms with Gasteiger partial charge in [-0.05, 0) is 12.1 Å². The van der Waals surface area contributed by atoms with E-state index in [1.165, 1.54) is 16.4 Å². The molecule has 0 saturated heterocycles. The second-order valence-electron chi connectivity index (χ2n) is 4.36. The van der Waals surface area contributed by atoms with Crippen LogP contribution in [0.15, 0.2) is 23.1 Å². The van der Waals surface area contributed by atoms with Gasteiger partial charge < -0.3 is 5.32 Å². The molecule has 0 radical (unpaired) electrons. The maximum Gasteiger partial charge on any atom is 0.293 e. The standard InChI is InChI=1S/C13H18N4O4S/c1-3-16(4-2)22(20,21)11-6-7-12(15-9-5-8-14)13(10-11)17(18)19/h6-7,10,15H,3-5,9H2,1-2H3. The van der Waals surface area contributed by atoms with E-state index < -0.39 is 14.9 Å². The Labute approximate surface area is 129 Å². The summed E-state index contributed by atoms with van der Waals surface area (Å²) in [4.78, 5) is 10.4. The van der Waals surface area contributed by atoms with Crippen LogP contribution in [0.5, 0.6) is 0 Å². The molecule has 120 valence electrons. The first-order valence-electron chi connectivity index (χ1n) is 6.77. The molecule has 1 aromatic rings. The van der Waals surface area contributed by atoms with Crippen LogP contribution in [0, 0.1) is 21.4 Å². The number of nitrogens with zero attached hydrogens (tertiary/aromatic N) is 3. The normalized spacial score (nSPS) is 11.2. The number of sulfonamides is 1. The molecular weight excluding hydrogens is 308 g/mol. The first-order valence-corrected chi connectivity index (χ1v) is 8.21. The van der Waals surface area contributed by atoms with E-state index in [4.69, 9.17) is 5.26 Å². The third-order valence-corrected chi connectivity index (χ3v) is 5.11. The van der Waals surface area contributed by atoms with E-state index in [0.29, 0.717) is 0 Å². The quantitative estimate of drug-likeness (QED) is 0.443. The molecule has 0 saturated carbocycles. The molecular formula is C13H18N4O4S. The third-order valence-electron chi connectivity index (χ3n) is 3.06. The van der Waals surface area contributed by atoms with Crippen molar-refractivity contribution in [2.24, 2.45) is 0 Å². The lowest BCUT2D eigenvalue weighted by Gasteiger charge is -2.18. The van der Waals surface area contributed by atoms with Crippen LogP contribution in [0.3, 0.4) is 0 Å². The first kappa shape index (κ1) is 17.9. The predicted octanol–water partition coefficient (Wildman–Crippen LogP) is 1.95. The van der Waals surface area contributed by atoms with Gasteiger partial charge in [-0.2, -0.15) is 9.57 Å². The average Bonchev–Trinajstić information content (AvgIpc) is 2.48.